The van der Waals surface area contributed by atoms with Crippen molar-refractivity contribution in [1.29, 1.82) is 0 Å². The number of para-hydroxylation sites is 1. The lowest BCUT2D eigenvalue weighted by Gasteiger charge is -2.35. The summed E-state index contributed by atoms with van der Waals surface area (Å²) in [5.74, 6) is -0.912. The molecule has 1 saturated carbocycles. The second-order valence-electron chi connectivity index (χ2n) is 11.6. The van der Waals surface area contributed by atoms with Crippen molar-refractivity contribution in [3.8, 4) is 0 Å². The summed E-state index contributed by atoms with van der Waals surface area (Å²) in [5, 5.41) is 4.09. The van der Waals surface area contributed by atoms with E-state index in [9.17, 15) is 18.0 Å². The highest BCUT2D eigenvalue weighted by atomic mass is 35.5. The Morgan fingerprint density at radius 3 is 2.09 bits per heavy atom. The van der Waals surface area contributed by atoms with E-state index in [-0.39, 0.29) is 40.5 Å². The fourth-order valence-electron chi connectivity index (χ4n) is 5.82. The number of carbonyl (C=O) groups excluding carboxylic acids is 2. The van der Waals surface area contributed by atoms with Crippen LogP contribution >= 0.6 is 34.8 Å². The third-order valence-corrected chi connectivity index (χ3v) is 11.0. The van der Waals surface area contributed by atoms with E-state index in [1.54, 1.807) is 60.7 Å². The Morgan fingerprint density at radius 2 is 1.43 bits per heavy atom. The van der Waals surface area contributed by atoms with Gasteiger partial charge in [-0.2, -0.15) is 0 Å². The number of hydrogen-bond donors (Lipinski definition) is 1. The lowest BCUT2D eigenvalue weighted by molar-refractivity contribution is -0.140. The van der Waals surface area contributed by atoms with Gasteiger partial charge in [-0.3, -0.25) is 13.9 Å². The van der Waals surface area contributed by atoms with E-state index in [4.69, 9.17) is 34.8 Å². The van der Waals surface area contributed by atoms with Crippen LogP contribution in [0.1, 0.15) is 43.2 Å². The van der Waals surface area contributed by atoms with Gasteiger partial charge in [0.25, 0.3) is 10.0 Å². The van der Waals surface area contributed by atoms with Gasteiger partial charge >= 0.3 is 0 Å². The van der Waals surface area contributed by atoms with Gasteiger partial charge in [-0.05, 0) is 60.4 Å². The van der Waals surface area contributed by atoms with Crippen molar-refractivity contribution in [3.05, 3.63) is 129 Å². The van der Waals surface area contributed by atoms with Gasteiger partial charge in [0.15, 0.2) is 0 Å². The van der Waals surface area contributed by atoms with Gasteiger partial charge in [0.2, 0.25) is 11.8 Å². The Hall–Kier alpha value is -3.56. The molecule has 1 N–H and O–H groups in total. The first kappa shape index (κ1) is 34.8. The second kappa shape index (κ2) is 16.0. The molecular formula is C36H36Cl3N3O4S. The molecule has 0 saturated heterocycles. The third kappa shape index (κ3) is 8.87. The molecule has 1 aliphatic carbocycles. The maximum atomic E-state index is 14.7. The first-order chi connectivity index (χ1) is 22.6. The number of carbonyl (C=O) groups is 2. The van der Waals surface area contributed by atoms with Crippen molar-refractivity contribution in [2.75, 3.05) is 10.8 Å². The maximum absolute atomic E-state index is 14.7. The SMILES string of the molecule is O=C(NC1CCCCC1)[C@@H](Cc1ccccc1)N(Cc1ccc(Cl)cc1Cl)C(=O)CN(c1ccccc1Cl)S(=O)(=O)c1ccccc1. The lowest BCUT2D eigenvalue weighted by Crippen LogP contribution is -2.55. The van der Waals surface area contributed by atoms with E-state index in [1.807, 2.05) is 30.3 Å². The molecule has 4 aromatic rings. The predicted molar refractivity (Wildman–Crippen MR) is 188 cm³/mol. The maximum Gasteiger partial charge on any atom is 0.264 e. The number of nitrogens with zero attached hydrogens (tertiary/aromatic N) is 2. The van der Waals surface area contributed by atoms with E-state index >= 15 is 0 Å². The van der Waals surface area contributed by atoms with Gasteiger partial charge < -0.3 is 10.2 Å². The molecule has 0 radical (unpaired) electrons. The van der Waals surface area contributed by atoms with Gasteiger partial charge in [-0.15, -0.1) is 0 Å². The number of halogens is 3. The molecule has 47 heavy (non-hydrogen) atoms. The smallest absolute Gasteiger partial charge is 0.264 e. The van der Waals surface area contributed by atoms with Gasteiger partial charge in [-0.1, -0.05) is 121 Å². The molecule has 0 aliphatic heterocycles. The van der Waals surface area contributed by atoms with Gasteiger partial charge in [0.1, 0.15) is 12.6 Å². The Kier molecular flexibility index (Phi) is 11.9. The molecular weight excluding hydrogens is 677 g/mol. The highest BCUT2D eigenvalue weighted by molar-refractivity contribution is 7.92. The summed E-state index contributed by atoms with van der Waals surface area (Å²) >= 11 is 19.3. The average Bonchev–Trinajstić information content (AvgIpc) is 3.07. The summed E-state index contributed by atoms with van der Waals surface area (Å²) in [6.07, 6.45) is 5.07. The van der Waals surface area contributed by atoms with Crippen molar-refractivity contribution in [3.63, 3.8) is 0 Å². The highest BCUT2D eigenvalue weighted by Gasteiger charge is 2.36. The van der Waals surface area contributed by atoms with Crippen LogP contribution in [0.25, 0.3) is 0 Å². The zero-order valence-corrected chi connectivity index (χ0v) is 28.8. The molecule has 5 rings (SSSR count). The molecule has 1 atom stereocenters. The number of hydrogen-bond acceptors (Lipinski definition) is 4. The molecule has 0 aromatic heterocycles. The van der Waals surface area contributed by atoms with Crippen LogP contribution in [0.4, 0.5) is 5.69 Å². The van der Waals surface area contributed by atoms with Crippen LogP contribution in [0.15, 0.2) is 108 Å². The first-order valence-electron chi connectivity index (χ1n) is 15.5. The van der Waals surface area contributed by atoms with E-state index in [0.717, 1.165) is 42.0 Å². The van der Waals surface area contributed by atoms with E-state index in [1.165, 1.54) is 17.0 Å². The van der Waals surface area contributed by atoms with Crippen molar-refractivity contribution < 1.29 is 18.0 Å². The molecule has 7 nitrogen and oxygen atoms in total. The standard InChI is InChI=1S/C36H36Cl3N3O4S/c37-28-21-20-27(32(39)23-28)24-41(34(22-26-12-4-1-5-13-26)36(44)40-29-14-6-2-7-15-29)35(43)25-42(33-19-11-10-18-31(33)38)47(45,46)30-16-8-3-9-17-30/h1,3-5,8-13,16-21,23,29,34H,2,6-7,14-15,22,24-25H2,(H,40,44)/t34-/m1/s1. The summed E-state index contributed by atoms with van der Waals surface area (Å²) in [6.45, 7) is -0.680. The summed E-state index contributed by atoms with van der Waals surface area (Å²) in [6, 6.07) is 27.7. The minimum absolute atomic E-state index is 0.00380. The molecule has 11 heteroatoms. The second-order valence-corrected chi connectivity index (χ2v) is 14.7. The Labute approximate surface area is 291 Å². The molecule has 1 aliphatic rings. The number of anilines is 1. The number of amides is 2. The molecule has 246 valence electrons. The monoisotopic (exact) mass is 711 g/mol. The van der Waals surface area contributed by atoms with Crippen LogP contribution < -0.4 is 9.62 Å². The highest BCUT2D eigenvalue weighted by Crippen LogP contribution is 2.31. The largest absolute Gasteiger partial charge is 0.352 e. The minimum Gasteiger partial charge on any atom is -0.352 e. The van der Waals surface area contributed by atoms with Crippen LogP contribution in [-0.4, -0.2) is 43.8 Å². The van der Waals surface area contributed by atoms with E-state index < -0.39 is 28.5 Å². The van der Waals surface area contributed by atoms with Crippen LogP contribution in [0, 0.1) is 0 Å². The fraction of sp³-hybridized carbons (Fsp3) is 0.278. The quantitative estimate of drug-likeness (QED) is 0.162. The van der Waals surface area contributed by atoms with Crippen molar-refractivity contribution in [2.45, 2.75) is 62.0 Å². The molecule has 0 bridgehead atoms. The zero-order chi connectivity index (χ0) is 33.4. The van der Waals surface area contributed by atoms with Gasteiger partial charge in [0, 0.05) is 29.1 Å². The summed E-state index contributed by atoms with van der Waals surface area (Å²) < 4.78 is 29.3. The number of benzene rings is 4. The van der Waals surface area contributed by atoms with E-state index in [2.05, 4.69) is 5.32 Å². The van der Waals surface area contributed by atoms with Crippen LogP contribution in [-0.2, 0) is 32.6 Å². The summed E-state index contributed by atoms with van der Waals surface area (Å²) in [4.78, 5) is 30.3. The Morgan fingerprint density at radius 1 is 0.787 bits per heavy atom. The molecule has 1 fully saturated rings. The first-order valence-corrected chi connectivity index (χ1v) is 18.1. The average molecular weight is 713 g/mol. The predicted octanol–water partition coefficient (Wildman–Crippen LogP) is 7.93. The Bertz CT molecular complexity index is 1790. The number of nitrogens with one attached hydrogen (secondary N) is 1. The zero-order valence-electron chi connectivity index (χ0n) is 25.7. The number of rotatable bonds is 12. The normalized spacial score (nSPS) is 14.3. The van der Waals surface area contributed by atoms with Crippen LogP contribution in [0.5, 0.6) is 0 Å². The third-order valence-electron chi connectivity index (χ3n) is 8.31. The van der Waals surface area contributed by atoms with Gasteiger partial charge in [0.05, 0.1) is 15.6 Å². The fourth-order valence-corrected chi connectivity index (χ4v) is 8.03. The van der Waals surface area contributed by atoms with Crippen LogP contribution in [0.2, 0.25) is 15.1 Å². The van der Waals surface area contributed by atoms with Crippen molar-refractivity contribution in [2.24, 2.45) is 0 Å². The Balaban J connectivity index is 1.58. The topological polar surface area (TPSA) is 86.8 Å². The molecule has 0 unspecified atom stereocenters. The van der Waals surface area contributed by atoms with E-state index in [0.29, 0.717) is 15.6 Å². The van der Waals surface area contributed by atoms with Crippen LogP contribution in [0.3, 0.4) is 0 Å². The summed E-state index contributed by atoms with van der Waals surface area (Å²) in [7, 11) is -4.26. The van der Waals surface area contributed by atoms with Crippen molar-refractivity contribution in [1.82, 2.24) is 10.2 Å². The summed E-state index contributed by atoms with van der Waals surface area (Å²) in [5.41, 5.74) is 1.54. The van der Waals surface area contributed by atoms with Crippen molar-refractivity contribution >= 4 is 62.3 Å². The number of sulfonamides is 1. The molecule has 0 spiro atoms. The molecule has 4 aromatic carbocycles. The minimum atomic E-state index is -4.26. The molecule has 0 heterocycles. The van der Waals surface area contributed by atoms with Gasteiger partial charge in [-0.25, -0.2) is 8.42 Å². The lowest BCUT2D eigenvalue weighted by atomic mass is 9.94. The molecule has 2 amide bonds.